The Kier molecular flexibility index (Phi) is 6.62. The SMILES string of the molecule is COc1ccc(NC(=O)[C@@H]2[C@@H]3C=C[C@]4(O3)[C@@H]2C(=O)N(Cc2ccc(F)cc2)[C@H]4C(=O)NC2CCCCC2)cc1. The molecule has 9 heteroatoms. The van der Waals surface area contributed by atoms with Crippen LogP contribution in [0.3, 0.4) is 0 Å². The zero-order valence-electron chi connectivity index (χ0n) is 21.8. The average Bonchev–Trinajstić information content (AvgIpc) is 3.58. The van der Waals surface area contributed by atoms with Gasteiger partial charge in [-0.3, -0.25) is 14.4 Å². The lowest BCUT2D eigenvalue weighted by molar-refractivity contribution is -0.142. The number of halogens is 1. The minimum atomic E-state index is -1.25. The molecule has 3 heterocycles. The molecule has 4 aliphatic rings. The molecule has 2 N–H and O–H groups in total. The summed E-state index contributed by atoms with van der Waals surface area (Å²) in [6.45, 7) is 0.106. The highest BCUT2D eigenvalue weighted by Gasteiger charge is 2.72. The van der Waals surface area contributed by atoms with E-state index in [1.165, 1.54) is 17.0 Å². The predicted octanol–water partition coefficient (Wildman–Crippen LogP) is 3.57. The summed E-state index contributed by atoms with van der Waals surface area (Å²) in [6.07, 6.45) is 8.02. The Morgan fingerprint density at radius 2 is 1.77 bits per heavy atom. The molecule has 0 radical (unpaired) electrons. The van der Waals surface area contributed by atoms with Crippen LogP contribution in [-0.2, 0) is 25.7 Å². The summed E-state index contributed by atoms with van der Waals surface area (Å²) in [7, 11) is 1.57. The number of amides is 3. The number of carbonyl (C=O) groups excluding carboxylic acids is 3. The number of nitrogens with one attached hydrogen (secondary N) is 2. The average molecular weight is 534 g/mol. The van der Waals surface area contributed by atoms with E-state index in [2.05, 4.69) is 10.6 Å². The van der Waals surface area contributed by atoms with E-state index < -0.39 is 29.6 Å². The maximum absolute atomic E-state index is 14.1. The summed E-state index contributed by atoms with van der Waals surface area (Å²) in [6, 6.07) is 11.9. The first-order valence-electron chi connectivity index (χ1n) is 13.6. The van der Waals surface area contributed by atoms with Crippen LogP contribution in [0.2, 0.25) is 0 Å². The second-order valence-electron chi connectivity index (χ2n) is 10.9. The molecule has 1 saturated carbocycles. The zero-order chi connectivity index (χ0) is 27.1. The fourth-order valence-electron chi connectivity index (χ4n) is 6.65. The highest BCUT2D eigenvalue weighted by molar-refractivity contribution is 6.02. The molecule has 6 rings (SSSR count). The Bertz CT molecular complexity index is 1290. The molecule has 3 aliphatic heterocycles. The number of methoxy groups -OCH3 is 1. The van der Waals surface area contributed by atoms with Gasteiger partial charge in [0.2, 0.25) is 17.7 Å². The van der Waals surface area contributed by atoms with Crippen LogP contribution >= 0.6 is 0 Å². The van der Waals surface area contributed by atoms with Gasteiger partial charge in [-0.2, -0.15) is 0 Å². The van der Waals surface area contributed by atoms with E-state index >= 15 is 0 Å². The van der Waals surface area contributed by atoms with Gasteiger partial charge < -0.3 is 25.0 Å². The minimum absolute atomic E-state index is 0.0428. The summed E-state index contributed by atoms with van der Waals surface area (Å²) >= 11 is 0. The van der Waals surface area contributed by atoms with Gasteiger partial charge in [0.05, 0.1) is 25.0 Å². The van der Waals surface area contributed by atoms with Crippen molar-refractivity contribution in [2.24, 2.45) is 11.8 Å². The number of benzene rings is 2. The van der Waals surface area contributed by atoms with Gasteiger partial charge in [0, 0.05) is 18.3 Å². The summed E-state index contributed by atoms with van der Waals surface area (Å²) in [4.78, 5) is 43.0. The standard InChI is InChI=1S/C30H32FN3O5/c1-38-22-13-11-21(12-14-22)32-27(35)24-23-15-16-30(39-23)25(24)29(37)34(17-18-7-9-19(31)10-8-18)26(30)28(36)33-20-5-3-2-4-6-20/h7-16,20,23-26H,2-6,17H2,1H3,(H,32,35)(H,33,36)/t23-,24+,25-,26-,30-/m0/s1. The number of anilines is 1. The number of carbonyl (C=O) groups is 3. The van der Waals surface area contributed by atoms with Gasteiger partial charge in [0.25, 0.3) is 0 Å². The highest BCUT2D eigenvalue weighted by atomic mass is 19.1. The fourth-order valence-corrected chi connectivity index (χ4v) is 6.65. The van der Waals surface area contributed by atoms with Crippen molar-refractivity contribution in [3.05, 3.63) is 72.1 Å². The van der Waals surface area contributed by atoms with Gasteiger partial charge in [0.15, 0.2) is 0 Å². The van der Waals surface area contributed by atoms with E-state index in [1.54, 1.807) is 55.7 Å². The Morgan fingerprint density at radius 1 is 1.05 bits per heavy atom. The molecule has 1 spiro atoms. The van der Waals surface area contributed by atoms with E-state index in [1.807, 2.05) is 0 Å². The first-order valence-corrected chi connectivity index (χ1v) is 13.6. The number of likely N-dealkylation sites (tertiary alicyclic amines) is 1. The number of nitrogens with zero attached hydrogens (tertiary/aromatic N) is 1. The van der Waals surface area contributed by atoms with Gasteiger partial charge in [0.1, 0.15) is 23.2 Å². The van der Waals surface area contributed by atoms with Crippen LogP contribution in [0.15, 0.2) is 60.7 Å². The molecule has 39 heavy (non-hydrogen) atoms. The van der Waals surface area contributed by atoms with Crippen molar-refractivity contribution < 1.29 is 28.2 Å². The smallest absolute Gasteiger partial charge is 0.246 e. The van der Waals surface area contributed by atoms with Crippen LogP contribution in [0.5, 0.6) is 5.75 Å². The lowest BCUT2D eigenvalue weighted by atomic mass is 9.74. The number of fused-ring (bicyclic) bond motifs is 1. The second kappa shape index (κ2) is 10.1. The van der Waals surface area contributed by atoms with E-state index in [4.69, 9.17) is 9.47 Å². The van der Waals surface area contributed by atoms with Crippen LogP contribution in [0.25, 0.3) is 0 Å². The van der Waals surface area contributed by atoms with Crippen molar-refractivity contribution in [1.29, 1.82) is 0 Å². The van der Waals surface area contributed by atoms with Crippen molar-refractivity contribution in [2.45, 2.75) is 62.4 Å². The fraction of sp³-hybridized carbons (Fsp3) is 0.433. The molecular weight excluding hydrogens is 501 g/mol. The summed E-state index contributed by atoms with van der Waals surface area (Å²) in [5.74, 6) is -2.31. The number of rotatable bonds is 7. The first-order chi connectivity index (χ1) is 18.9. The lowest BCUT2D eigenvalue weighted by Crippen LogP contribution is -2.56. The third-order valence-corrected chi connectivity index (χ3v) is 8.50. The first kappa shape index (κ1) is 25.6. The molecule has 0 unspecified atom stereocenters. The molecule has 5 atom stereocenters. The Hall–Kier alpha value is -3.72. The van der Waals surface area contributed by atoms with Crippen molar-refractivity contribution in [1.82, 2.24) is 10.2 Å². The quantitative estimate of drug-likeness (QED) is 0.531. The van der Waals surface area contributed by atoms with Crippen LogP contribution in [0.4, 0.5) is 10.1 Å². The molecule has 0 aromatic heterocycles. The second-order valence-corrected chi connectivity index (χ2v) is 10.9. The van der Waals surface area contributed by atoms with E-state index in [0.29, 0.717) is 17.0 Å². The third kappa shape index (κ3) is 4.48. The number of hydrogen-bond donors (Lipinski definition) is 2. The van der Waals surface area contributed by atoms with Crippen molar-refractivity contribution in [3.8, 4) is 5.75 Å². The maximum Gasteiger partial charge on any atom is 0.246 e. The molecule has 2 bridgehead atoms. The summed E-state index contributed by atoms with van der Waals surface area (Å²) < 4.78 is 25.2. The molecule has 8 nitrogen and oxygen atoms in total. The van der Waals surface area contributed by atoms with Gasteiger partial charge >= 0.3 is 0 Å². The Balaban J connectivity index is 1.30. The van der Waals surface area contributed by atoms with Crippen LogP contribution in [-0.4, -0.2) is 53.5 Å². The summed E-state index contributed by atoms with van der Waals surface area (Å²) in [5, 5.41) is 6.08. The van der Waals surface area contributed by atoms with E-state index in [0.717, 1.165) is 32.1 Å². The van der Waals surface area contributed by atoms with Gasteiger partial charge in [-0.05, 0) is 54.8 Å². The molecule has 3 fully saturated rings. The normalized spacial score (nSPS) is 29.4. The van der Waals surface area contributed by atoms with Crippen molar-refractivity contribution >= 4 is 23.4 Å². The largest absolute Gasteiger partial charge is 0.497 e. The molecule has 204 valence electrons. The van der Waals surface area contributed by atoms with E-state index in [9.17, 15) is 18.8 Å². The number of hydrogen-bond acceptors (Lipinski definition) is 5. The number of ether oxygens (including phenoxy) is 2. The molecular formula is C30H32FN3O5. The Labute approximate surface area is 226 Å². The topological polar surface area (TPSA) is 97.0 Å². The molecule has 2 aromatic rings. The molecule has 2 aromatic carbocycles. The van der Waals surface area contributed by atoms with Crippen LogP contribution in [0.1, 0.15) is 37.7 Å². The van der Waals surface area contributed by atoms with Crippen LogP contribution in [0, 0.1) is 17.7 Å². The highest BCUT2D eigenvalue weighted by Crippen LogP contribution is 2.55. The van der Waals surface area contributed by atoms with E-state index in [-0.39, 0.29) is 36.1 Å². The van der Waals surface area contributed by atoms with Gasteiger partial charge in [-0.15, -0.1) is 0 Å². The molecule has 1 aliphatic carbocycles. The summed E-state index contributed by atoms with van der Waals surface area (Å²) in [5.41, 5.74) is 0.0128. The van der Waals surface area contributed by atoms with Crippen LogP contribution < -0.4 is 15.4 Å². The van der Waals surface area contributed by atoms with Gasteiger partial charge in [-0.25, -0.2) is 4.39 Å². The monoisotopic (exact) mass is 533 g/mol. The zero-order valence-corrected chi connectivity index (χ0v) is 21.8. The lowest BCUT2D eigenvalue weighted by Gasteiger charge is -2.34. The van der Waals surface area contributed by atoms with Crippen molar-refractivity contribution in [3.63, 3.8) is 0 Å². The minimum Gasteiger partial charge on any atom is -0.497 e. The molecule has 3 amide bonds. The van der Waals surface area contributed by atoms with Gasteiger partial charge in [-0.1, -0.05) is 43.5 Å². The van der Waals surface area contributed by atoms with Crippen molar-refractivity contribution in [2.75, 3.05) is 12.4 Å². The predicted molar refractivity (Wildman–Crippen MR) is 141 cm³/mol. The Morgan fingerprint density at radius 3 is 2.46 bits per heavy atom. The third-order valence-electron chi connectivity index (χ3n) is 8.50. The maximum atomic E-state index is 14.1. The molecule has 2 saturated heterocycles.